The van der Waals surface area contributed by atoms with Crippen LogP contribution in [0.2, 0.25) is 0 Å². The predicted molar refractivity (Wildman–Crippen MR) is 312 cm³/mol. The van der Waals surface area contributed by atoms with Crippen LogP contribution in [0.25, 0.3) is 0 Å². The summed E-state index contributed by atoms with van der Waals surface area (Å²) in [6, 6.07) is 14.0. The van der Waals surface area contributed by atoms with E-state index in [1.54, 1.807) is 57.2 Å². The Labute approximate surface area is 498 Å². The molecule has 12 unspecified atom stereocenters. The lowest BCUT2D eigenvalue weighted by atomic mass is 9.78. The van der Waals surface area contributed by atoms with E-state index in [-0.39, 0.29) is 102 Å². The van der Waals surface area contributed by atoms with Crippen LogP contribution in [0.1, 0.15) is 112 Å². The Morgan fingerprint density at radius 3 is 1.49 bits per heavy atom. The lowest BCUT2D eigenvalue weighted by molar-refractivity contribution is -0.165. The molecule has 0 saturated carbocycles. The second-order valence-electron chi connectivity index (χ2n) is 22.1. The molecule has 12 atom stereocenters. The number of ether oxygens (including phenoxy) is 6. The summed E-state index contributed by atoms with van der Waals surface area (Å²) in [5, 5.41) is 29.9. The maximum atomic E-state index is 14.6. The second kappa shape index (κ2) is 34.8. The topological polar surface area (TPSA) is 312 Å². The van der Waals surface area contributed by atoms with Crippen molar-refractivity contribution in [3.8, 4) is 0 Å². The van der Waals surface area contributed by atoms with Gasteiger partial charge in [0, 0.05) is 105 Å². The molecule has 85 heavy (non-hydrogen) atoms. The molecular weight excluding hydrogens is 1100 g/mol. The van der Waals surface area contributed by atoms with Crippen LogP contribution >= 0.6 is 0 Å². The number of hydrogen-bond donors (Lipinski definition) is 5. The van der Waals surface area contributed by atoms with Crippen molar-refractivity contribution in [1.29, 1.82) is 0 Å². The van der Waals surface area contributed by atoms with Gasteiger partial charge in [0.1, 0.15) is 0 Å². The van der Waals surface area contributed by atoms with Crippen molar-refractivity contribution < 1.29 is 86.6 Å². The van der Waals surface area contributed by atoms with Gasteiger partial charge in [-0.1, -0.05) is 13.8 Å². The summed E-state index contributed by atoms with van der Waals surface area (Å²) in [5.74, 6) is -16.2. The molecule has 2 aromatic carbocycles. The Morgan fingerprint density at radius 1 is 0.588 bits per heavy atom. The maximum absolute atomic E-state index is 14.6. The molecule has 2 saturated heterocycles. The van der Waals surface area contributed by atoms with Gasteiger partial charge in [-0.05, 0) is 126 Å². The number of rotatable bonds is 39. The zero-order valence-electron chi connectivity index (χ0n) is 51.1. The molecule has 24 heteroatoms. The van der Waals surface area contributed by atoms with E-state index in [0.717, 1.165) is 16.3 Å². The Kier molecular flexibility index (Phi) is 28.9. The van der Waals surface area contributed by atoms with Crippen LogP contribution in [0.15, 0.2) is 48.5 Å². The minimum atomic E-state index is -1.43. The molecule has 0 aliphatic carbocycles. The third-order valence-electron chi connectivity index (χ3n) is 16.4. The monoisotopic (exact) mass is 1190 g/mol. The first kappa shape index (κ1) is 70.5. The molecule has 0 spiro atoms. The first-order chi connectivity index (χ1) is 40.5. The standard InChI is InChI=1S/C61H90N6O18/c1-12-48(82-10)50(54(70)64-31-14-30-62-52(68)37-16-20-39(21-17-37)65(4)5)44(57(73)74)26-24-42(81-9)35-47-43(55(71)67(56(47)72)33-15-32-63-53(69)38-18-22-40(23-19-38)66(6)7)28-29-49(83-11)51(61(79)84-13-2)45(58(75)76)27-25-41(80-8)34-46-36(3)59(77)85-60(46)78/h16-23,36,41-51H,12-15,24-35H2,1-11H3,(H,62,68)(H,63,69)(H,64,70)(H,73,74)(H,75,76). The van der Waals surface area contributed by atoms with Gasteiger partial charge >= 0.3 is 29.8 Å². The van der Waals surface area contributed by atoms with Gasteiger partial charge in [-0.25, -0.2) is 0 Å². The quantitative estimate of drug-likeness (QED) is 0.0264. The molecule has 5 N–H and O–H groups in total. The number of carbonyl (C=O) groups excluding carboxylic acids is 8. The molecule has 2 heterocycles. The van der Waals surface area contributed by atoms with Crippen LogP contribution in [-0.4, -0.2) is 188 Å². The normalized spacial score (nSPS) is 19.6. The van der Waals surface area contributed by atoms with Gasteiger partial charge in [0.25, 0.3) is 11.8 Å². The van der Waals surface area contributed by atoms with Gasteiger partial charge in [-0.3, -0.25) is 52.8 Å². The number of carbonyl (C=O) groups is 10. The first-order valence-electron chi connectivity index (χ1n) is 29.2. The fourth-order valence-corrected chi connectivity index (χ4v) is 11.3. The Balaban J connectivity index is 1.56. The summed E-state index contributed by atoms with van der Waals surface area (Å²) in [4.78, 5) is 139. The minimum Gasteiger partial charge on any atom is -0.481 e. The molecule has 472 valence electrons. The number of carboxylic acid groups (broad SMARTS) is 2. The molecule has 4 rings (SSSR count). The Bertz CT molecular complexity index is 2560. The lowest BCUT2D eigenvalue weighted by Gasteiger charge is -2.31. The van der Waals surface area contributed by atoms with Gasteiger partial charge in [0.05, 0.1) is 78.4 Å². The number of anilines is 2. The molecule has 5 amide bonds. The zero-order valence-corrected chi connectivity index (χ0v) is 51.1. The third kappa shape index (κ3) is 19.8. The predicted octanol–water partition coefficient (Wildman–Crippen LogP) is 4.60. The highest BCUT2D eigenvalue weighted by Gasteiger charge is 2.50. The van der Waals surface area contributed by atoms with Gasteiger partial charge in [0.2, 0.25) is 17.7 Å². The number of nitrogens with one attached hydrogen (secondary N) is 3. The molecular formula is C61H90N6O18. The summed E-state index contributed by atoms with van der Waals surface area (Å²) >= 11 is 0. The third-order valence-corrected chi connectivity index (χ3v) is 16.4. The molecule has 2 aliphatic heterocycles. The van der Waals surface area contributed by atoms with Gasteiger partial charge < -0.3 is 64.4 Å². The molecule has 0 radical (unpaired) electrons. The van der Waals surface area contributed by atoms with E-state index in [1.807, 2.05) is 50.1 Å². The highest BCUT2D eigenvalue weighted by atomic mass is 16.6. The first-order valence-corrected chi connectivity index (χ1v) is 29.2. The fourth-order valence-electron chi connectivity index (χ4n) is 11.3. The number of benzene rings is 2. The number of likely N-dealkylation sites (tertiary alicyclic amines) is 1. The van der Waals surface area contributed by atoms with Crippen molar-refractivity contribution in [1.82, 2.24) is 20.9 Å². The molecule has 2 fully saturated rings. The number of amides is 5. The number of hydrogen-bond acceptors (Lipinski definition) is 18. The molecule has 0 aromatic heterocycles. The summed E-state index contributed by atoms with van der Waals surface area (Å²) in [6.45, 7) is 5.15. The molecule has 2 aliphatic rings. The van der Waals surface area contributed by atoms with Gasteiger partial charge in [-0.15, -0.1) is 0 Å². The van der Waals surface area contributed by atoms with Crippen molar-refractivity contribution in [3.05, 3.63) is 59.7 Å². The van der Waals surface area contributed by atoms with Crippen molar-refractivity contribution in [2.45, 2.75) is 116 Å². The molecule has 2 aromatic rings. The highest BCUT2D eigenvalue weighted by Crippen LogP contribution is 2.39. The number of imide groups is 1. The fraction of sp³-hybridized carbons (Fsp3) is 0.639. The summed E-state index contributed by atoms with van der Waals surface area (Å²) in [5.41, 5.74) is 2.71. The van der Waals surface area contributed by atoms with E-state index in [1.165, 1.54) is 28.4 Å². The number of esters is 3. The van der Waals surface area contributed by atoms with Crippen LogP contribution in [0.3, 0.4) is 0 Å². The van der Waals surface area contributed by atoms with Crippen LogP contribution in [-0.2, 0) is 66.8 Å². The molecule has 24 nitrogen and oxygen atoms in total. The summed E-state index contributed by atoms with van der Waals surface area (Å²) in [6.07, 6.45) is -3.11. The van der Waals surface area contributed by atoms with Crippen molar-refractivity contribution in [2.24, 2.45) is 47.3 Å². The number of cyclic esters (lactones) is 2. The number of nitrogens with zero attached hydrogens (tertiary/aromatic N) is 3. The smallest absolute Gasteiger partial charge is 0.317 e. The molecule has 0 bridgehead atoms. The van der Waals surface area contributed by atoms with Crippen LogP contribution in [0, 0.1) is 47.3 Å². The van der Waals surface area contributed by atoms with E-state index in [4.69, 9.17) is 28.4 Å². The van der Waals surface area contributed by atoms with Gasteiger partial charge in [0.15, 0.2) is 0 Å². The average molecular weight is 1200 g/mol. The summed E-state index contributed by atoms with van der Waals surface area (Å²) < 4.78 is 33.3. The van der Waals surface area contributed by atoms with Gasteiger partial charge in [-0.2, -0.15) is 0 Å². The van der Waals surface area contributed by atoms with Crippen molar-refractivity contribution >= 4 is 70.8 Å². The van der Waals surface area contributed by atoms with E-state index in [2.05, 4.69) is 16.0 Å². The largest absolute Gasteiger partial charge is 0.481 e. The average Bonchev–Trinajstić information content (AvgIpc) is 3.93. The minimum absolute atomic E-state index is 0.0245. The van der Waals surface area contributed by atoms with Crippen LogP contribution in [0.5, 0.6) is 0 Å². The number of carboxylic acids is 2. The van der Waals surface area contributed by atoms with Crippen LogP contribution in [0.4, 0.5) is 11.4 Å². The van der Waals surface area contributed by atoms with E-state index < -0.39 is 119 Å². The number of methoxy groups -OCH3 is 4. The van der Waals surface area contributed by atoms with Crippen molar-refractivity contribution in [2.75, 3.05) is 99.2 Å². The second-order valence-corrected chi connectivity index (χ2v) is 22.1. The van der Waals surface area contributed by atoms with E-state index in [9.17, 15) is 58.2 Å². The number of aliphatic carboxylic acids is 2. The highest BCUT2D eigenvalue weighted by molar-refractivity contribution is 6.05. The Morgan fingerprint density at radius 2 is 1.06 bits per heavy atom. The Hall–Kier alpha value is -7.02. The lowest BCUT2D eigenvalue weighted by Crippen LogP contribution is -2.46. The van der Waals surface area contributed by atoms with Crippen LogP contribution < -0.4 is 25.8 Å². The van der Waals surface area contributed by atoms with E-state index >= 15 is 0 Å². The SMILES string of the molecule is CCOC(=O)C(C(CCC1C(=O)N(CCCNC(=O)c2ccc(N(C)C)cc2)C(=O)C1CC(CCC(C(=O)O)C(C(=O)NCCCNC(=O)c1ccc(N(C)C)cc1)C(CC)OC)OC)OC)C(CCC(CC1C(=O)OC(=O)C1C)OC)C(=O)O. The summed E-state index contributed by atoms with van der Waals surface area (Å²) in [7, 11) is 13.0. The van der Waals surface area contributed by atoms with Crippen molar-refractivity contribution in [3.63, 3.8) is 0 Å². The maximum Gasteiger partial charge on any atom is 0.317 e. The van der Waals surface area contributed by atoms with E-state index in [0.29, 0.717) is 24.0 Å². The zero-order chi connectivity index (χ0) is 63.1.